The molecule has 0 aromatic heterocycles. The van der Waals surface area contributed by atoms with Crippen molar-refractivity contribution in [2.24, 2.45) is 11.8 Å². The van der Waals surface area contributed by atoms with E-state index in [1.165, 1.54) is 25.9 Å². The van der Waals surface area contributed by atoms with Crippen LogP contribution in [-0.2, 0) is 4.79 Å². The molecule has 2 aliphatic heterocycles. The molecule has 0 spiro atoms. The van der Waals surface area contributed by atoms with Gasteiger partial charge < -0.3 is 15.1 Å². The first-order valence-corrected chi connectivity index (χ1v) is 11.9. The third-order valence-electron chi connectivity index (χ3n) is 6.93. The molecule has 2 aliphatic rings. The first-order chi connectivity index (χ1) is 15.1. The van der Waals surface area contributed by atoms with E-state index in [4.69, 9.17) is 0 Å². The van der Waals surface area contributed by atoms with Crippen LogP contribution in [0.25, 0.3) is 10.8 Å². The van der Waals surface area contributed by atoms with Crippen molar-refractivity contribution in [3.8, 4) is 0 Å². The summed E-state index contributed by atoms with van der Waals surface area (Å²) >= 11 is 0. The van der Waals surface area contributed by atoms with E-state index in [2.05, 4.69) is 17.1 Å². The van der Waals surface area contributed by atoms with Gasteiger partial charge in [-0.2, -0.15) is 0 Å². The average Bonchev–Trinajstić information content (AvgIpc) is 2.82. The van der Waals surface area contributed by atoms with Gasteiger partial charge in [0.05, 0.1) is 5.92 Å². The summed E-state index contributed by atoms with van der Waals surface area (Å²) in [4.78, 5) is 30.4. The van der Waals surface area contributed by atoms with Crippen LogP contribution in [0.2, 0.25) is 0 Å². The fourth-order valence-corrected chi connectivity index (χ4v) is 4.90. The molecule has 2 saturated heterocycles. The Bertz CT molecular complexity index is 899. The van der Waals surface area contributed by atoms with Crippen LogP contribution >= 0.6 is 0 Å². The second kappa shape index (κ2) is 10.3. The van der Waals surface area contributed by atoms with Crippen LogP contribution in [0.15, 0.2) is 42.5 Å². The Labute approximate surface area is 185 Å². The SMILES string of the molecule is CC1CCN(CCCNC(=O)C2CCCN(C(=O)c3cccc4ccccc34)C2)CC1. The summed E-state index contributed by atoms with van der Waals surface area (Å²) < 4.78 is 0. The van der Waals surface area contributed by atoms with Crippen LogP contribution < -0.4 is 5.32 Å². The zero-order chi connectivity index (χ0) is 21.6. The lowest BCUT2D eigenvalue weighted by molar-refractivity contribution is -0.126. The lowest BCUT2D eigenvalue weighted by Crippen LogP contribution is -2.46. The molecule has 2 aromatic rings. The monoisotopic (exact) mass is 421 g/mol. The molecular formula is C26H35N3O2. The molecule has 1 N–H and O–H groups in total. The highest BCUT2D eigenvalue weighted by molar-refractivity contribution is 6.07. The van der Waals surface area contributed by atoms with E-state index in [-0.39, 0.29) is 17.7 Å². The molecule has 0 saturated carbocycles. The zero-order valence-electron chi connectivity index (χ0n) is 18.7. The molecule has 4 rings (SSSR count). The van der Waals surface area contributed by atoms with Crippen LogP contribution in [0.3, 0.4) is 0 Å². The van der Waals surface area contributed by atoms with Crippen molar-refractivity contribution < 1.29 is 9.59 Å². The summed E-state index contributed by atoms with van der Waals surface area (Å²) in [6.07, 6.45) is 5.30. The number of benzene rings is 2. The molecule has 31 heavy (non-hydrogen) atoms. The van der Waals surface area contributed by atoms with E-state index in [9.17, 15) is 9.59 Å². The maximum Gasteiger partial charge on any atom is 0.254 e. The molecule has 2 aromatic carbocycles. The van der Waals surface area contributed by atoms with Crippen molar-refractivity contribution in [3.05, 3.63) is 48.0 Å². The molecule has 0 bridgehead atoms. The summed E-state index contributed by atoms with van der Waals surface area (Å²) in [5.74, 6) is 0.876. The van der Waals surface area contributed by atoms with Gasteiger partial charge in [-0.15, -0.1) is 0 Å². The van der Waals surface area contributed by atoms with E-state index in [0.717, 1.165) is 61.2 Å². The molecule has 2 amide bonds. The van der Waals surface area contributed by atoms with Gasteiger partial charge in [-0.1, -0.05) is 43.3 Å². The summed E-state index contributed by atoms with van der Waals surface area (Å²) in [5.41, 5.74) is 0.731. The number of nitrogens with zero attached hydrogens (tertiary/aromatic N) is 2. The third kappa shape index (κ3) is 5.45. The van der Waals surface area contributed by atoms with Crippen LogP contribution in [-0.4, -0.2) is 60.9 Å². The summed E-state index contributed by atoms with van der Waals surface area (Å²) in [6, 6.07) is 13.9. The minimum atomic E-state index is -0.108. The molecule has 166 valence electrons. The average molecular weight is 422 g/mol. The standard InChI is InChI=1S/C26H35N3O2/c1-20-12-17-28(18-13-20)15-6-14-27-25(30)22-9-5-16-29(19-22)26(31)24-11-4-8-21-7-2-3-10-23(21)24/h2-4,7-8,10-11,20,22H,5-6,9,12-19H2,1H3,(H,27,30). The molecular weight excluding hydrogens is 386 g/mol. The Balaban J connectivity index is 1.28. The van der Waals surface area contributed by atoms with Gasteiger partial charge in [-0.25, -0.2) is 0 Å². The van der Waals surface area contributed by atoms with Crippen LogP contribution in [0, 0.1) is 11.8 Å². The second-order valence-electron chi connectivity index (χ2n) is 9.29. The zero-order valence-corrected chi connectivity index (χ0v) is 18.7. The van der Waals surface area contributed by atoms with Crippen molar-refractivity contribution >= 4 is 22.6 Å². The van der Waals surface area contributed by atoms with Crippen molar-refractivity contribution in [2.75, 3.05) is 39.3 Å². The van der Waals surface area contributed by atoms with E-state index in [1.54, 1.807) is 0 Å². The third-order valence-corrected chi connectivity index (χ3v) is 6.93. The molecule has 2 heterocycles. The largest absolute Gasteiger partial charge is 0.356 e. The highest BCUT2D eigenvalue weighted by Crippen LogP contribution is 2.23. The Morgan fingerprint density at radius 2 is 1.77 bits per heavy atom. The fraction of sp³-hybridized carbons (Fsp3) is 0.538. The molecule has 1 atom stereocenters. The van der Waals surface area contributed by atoms with Gasteiger partial charge in [-0.3, -0.25) is 9.59 Å². The number of carbonyl (C=O) groups is 2. The maximum atomic E-state index is 13.2. The molecule has 2 fully saturated rings. The number of fused-ring (bicyclic) bond motifs is 1. The number of piperidine rings is 2. The predicted molar refractivity (Wildman–Crippen MR) is 125 cm³/mol. The number of hydrogen-bond acceptors (Lipinski definition) is 3. The Hall–Kier alpha value is -2.40. The number of amides is 2. The van der Waals surface area contributed by atoms with E-state index in [0.29, 0.717) is 6.54 Å². The van der Waals surface area contributed by atoms with Crippen molar-refractivity contribution in [3.63, 3.8) is 0 Å². The van der Waals surface area contributed by atoms with Gasteiger partial charge >= 0.3 is 0 Å². The second-order valence-corrected chi connectivity index (χ2v) is 9.29. The highest BCUT2D eigenvalue weighted by atomic mass is 16.2. The number of likely N-dealkylation sites (tertiary alicyclic amines) is 2. The van der Waals surface area contributed by atoms with Gasteiger partial charge in [0.15, 0.2) is 0 Å². The topological polar surface area (TPSA) is 52.7 Å². The van der Waals surface area contributed by atoms with Crippen molar-refractivity contribution in [1.82, 2.24) is 15.1 Å². The number of carbonyl (C=O) groups excluding carboxylic acids is 2. The van der Waals surface area contributed by atoms with Crippen LogP contribution in [0.4, 0.5) is 0 Å². The van der Waals surface area contributed by atoms with Gasteiger partial charge in [0, 0.05) is 25.2 Å². The van der Waals surface area contributed by atoms with E-state index < -0.39 is 0 Å². The number of nitrogens with one attached hydrogen (secondary N) is 1. The van der Waals surface area contributed by atoms with Gasteiger partial charge in [0.1, 0.15) is 0 Å². The Kier molecular flexibility index (Phi) is 7.23. The fourth-order valence-electron chi connectivity index (χ4n) is 4.90. The van der Waals surface area contributed by atoms with Gasteiger partial charge in [-0.05, 0) is 74.5 Å². The Morgan fingerprint density at radius 1 is 1.00 bits per heavy atom. The minimum absolute atomic E-state index is 0.0358. The molecule has 0 aliphatic carbocycles. The normalized spacial score (nSPS) is 20.7. The quantitative estimate of drug-likeness (QED) is 0.719. The number of rotatable bonds is 6. The summed E-state index contributed by atoms with van der Waals surface area (Å²) in [6.45, 7) is 7.71. The summed E-state index contributed by atoms with van der Waals surface area (Å²) in [5, 5.41) is 5.18. The minimum Gasteiger partial charge on any atom is -0.356 e. The van der Waals surface area contributed by atoms with Crippen LogP contribution in [0.5, 0.6) is 0 Å². The maximum absolute atomic E-state index is 13.2. The number of hydrogen-bond donors (Lipinski definition) is 1. The first kappa shape index (κ1) is 21.8. The van der Waals surface area contributed by atoms with Gasteiger partial charge in [0.25, 0.3) is 5.91 Å². The van der Waals surface area contributed by atoms with Crippen molar-refractivity contribution in [1.29, 1.82) is 0 Å². The highest BCUT2D eigenvalue weighted by Gasteiger charge is 2.29. The molecule has 0 radical (unpaired) electrons. The Morgan fingerprint density at radius 3 is 2.61 bits per heavy atom. The smallest absolute Gasteiger partial charge is 0.254 e. The molecule has 5 heteroatoms. The van der Waals surface area contributed by atoms with Crippen LogP contribution in [0.1, 0.15) is 49.4 Å². The molecule has 5 nitrogen and oxygen atoms in total. The van der Waals surface area contributed by atoms with Gasteiger partial charge in [0.2, 0.25) is 5.91 Å². The van der Waals surface area contributed by atoms with E-state index >= 15 is 0 Å². The lowest BCUT2D eigenvalue weighted by atomic mass is 9.95. The summed E-state index contributed by atoms with van der Waals surface area (Å²) in [7, 11) is 0. The first-order valence-electron chi connectivity index (χ1n) is 11.9. The predicted octanol–water partition coefficient (Wildman–Crippen LogP) is 3.93. The van der Waals surface area contributed by atoms with E-state index in [1.807, 2.05) is 47.4 Å². The van der Waals surface area contributed by atoms with Crippen molar-refractivity contribution in [2.45, 2.75) is 39.0 Å². The lowest BCUT2D eigenvalue weighted by Gasteiger charge is -2.32. The molecule has 1 unspecified atom stereocenters.